The molecule has 0 saturated heterocycles. The lowest BCUT2D eigenvalue weighted by molar-refractivity contribution is 0.0697. The number of aromatic carboxylic acids is 1. The highest BCUT2D eigenvalue weighted by molar-refractivity contribution is 6.31. The Balaban J connectivity index is 2.61. The zero-order valence-corrected chi connectivity index (χ0v) is 10.4. The maximum absolute atomic E-state index is 11.2. The number of ether oxygens (including phenoxy) is 1. The molecule has 0 aliphatic carbocycles. The molecule has 2 rings (SSSR count). The highest BCUT2D eigenvalue weighted by Crippen LogP contribution is 2.29. The van der Waals surface area contributed by atoms with Crippen LogP contribution in [-0.2, 0) is 0 Å². The smallest absolute Gasteiger partial charge is 0.336 e. The van der Waals surface area contributed by atoms with Crippen LogP contribution in [0, 0.1) is 0 Å². The van der Waals surface area contributed by atoms with Crippen molar-refractivity contribution in [3.8, 4) is 16.9 Å². The summed E-state index contributed by atoms with van der Waals surface area (Å²) in [5, 5.41) is 9.67. The number of carboxylic acid groups (broad SMARTS) is 1. The molecule has 0 bridgehead atoms. The summed E-state index contributed by atoms with van der Waals surface area (Å²) in [5.41, 5.74) is 1.55. The number of rotatable bonds is 3. The lowest BCUT2D eigenvalue weighted by atomic mass is 9.99. The van der Waals surface area contributed by atoms with E-state index in [0.717, 1.165) is 5.56 Å². The van der Waals surface area contributed by atoms with Gasteiger partial charge in [-0.05, 0) is 41.5 Å². The molecule has 0 saturated carbocycles. The monoisotopic (exact) mass is 262 g/mol. The number of hydrogen-bond acceptors (Lipinski definition) is 2. The summed E-state index contributed by atoms with van der Waals surface area (Å²) in [6.07, 6.45) is 0. The quantitative estimate of drug-likeness (QED) is 0.917. The Morgan fingerprint density at radius 3 is 2.67 bits per heavy atom. The lowest BCUT2D eigenvalue weighted by Gasteiger charge is -2.08. The molecule has 92 valence electrons. The zero-order chi connectivity index (χ0) is 13.1. The van der Waals surface area contributed by atoms with Crippen LogP contribution in [0.15, 0.2) is 42.5 Å². The van der Waals surface area contributed by atoms with Crippen LogP contribution in [0.4, 0.5) is 0 Å². The van der Waals surface area contributed by atoms with Crippen molar-refractivity contribution in [1.29, 1.82) is 0 Å². The first-order chi connectivity index (χ1) is 8.61. The largest absolute Gasteiger partial charge is 0.497 e. The highest BCUT2D eigenvalue weighted by Gasteiger charge is 2.12. The third kappa shape index (κ3) is 2.46. The molecule has 4 heteroatoms. The molecule has 0 fully saturated rings. The molecular formula is C14H11ClO3. The fraction of sp³-hybridized carbons (Fsp3) is 0.0714. The summed E-state index contributed by atoms with van der Waals surface area (Å²) in [6, 6.07) is 11.9. The van der Waals surface area contributed by atoms with E-state index in [0.29, 0.717) is 16.3 Å². The van der Waals surface area contributed by atoms with Crippen LogP contribution < -0.4 is 4.74 Å². The van der Waals surface area contributed by atoms with Gasteiger partial charge in [-0.3, -0.25) is 0 Å². The van der Waals surface area contributed by atoms with Crippen LogP contribution in [0.5, 0.6) is 5.75 Å². The van der Waals surface area contributed by atoms with Crippen LogP contribution >= 0.6 is 11.6 Å². The van der Waals surface area contributed by atoms with Gasteiger partial charge in [0.05, 0.1) is 12.7 Å². The summed E-state index contributed by atoms with van der Waals surface area (Å²) >= 11 is 5.92. The van der Waals surface area contributed by atoms with Crippen LogP contribution in [0.25, 0.3) is 11.1 Å². The van der Waals surface area contributed by atoms with Crippen molar-refractivity contribution in [2.45, 2.75) is 0 Å². The first-order valence-electron chi connectivity index (χ1n) is 5.29. The minimum atomic E-state index is -0.982. The number of halogens is 1. The van der Waals surface area contributed by atoms with Crippen molar-refractivity contribution in [2.75, 3.05) is 7.11 Å². The first-order valence-corrected chi connectivity index (χ1v) is 5.67. The van der Waals surface area contributed by atoms with Gasteiger partial charge in [-0.1, -0.05) is 23.7 Å². The van der Waals surface area contributed by atoms with Crippen molar-refractivity contribution >= 4 is 17.6 Å². The SMILES string of the molecule is COc1cccc(-c2cc(Cl)ccc2C(=O)O)c1. The normalized spacial score (nSPS) is 10.1. The van der Waals surface area contributed by atoms with E-state index in [1.54, 1.807) is 37.4 Å². The van der Waals surface area contributed by atoms with E-state index >= 15 is 0 Å². The van der Waals surface area contributed by atoms with E-state index in [2.05, 4.69) is 0 Å². The Labute approximate surface area is 110 Å². The number of hydrogen-bond donors (Lipinski definition) is 1. The first kappa shape index (κ1) is 12.5. The molecule has 0 aliphatic heterocycles. The van der Waals surface area contributed by atoms with Gasteiger partial charge in [-0.2, -0.15) is 0 Å². The summed E-state index contributed by atoms with van der Waals surface area (Å²) in [5.74, 6) is -0.312. The number of methoxy groups -OCH3 is 1. The molecule has 18 heavy (non-hydrogen) atoms. The van der Waals surface area contributed by atoms with E-state index in [1.165, 1.54) is 6.07 Å². The molecular weight excluding hydrogens is 252 g/mol. The van der Waals surface area contributed by atoms with Crippen LogP contribution in [0.2, 0.25) is 5.02 Å². The Morgan fingerprint density at radius 1 is 1.22 bits per heavy atom. The van der Waals surface area contributed by atoms with Crippen LogP contribution in [0.3, 0.4) is 0 Å². The maximum Gasteiger partial charge on any atom is 0.336 e. The van der Waals surface area contributed by atoms with Gasteiger partial charge in [0.25, 0.3) is 0 Å². The van der Waals surface area contributed by atoms with Crippen molar-refractivity contribution in [1.82, 2.24) is 0 Å². The van der Waals surface area contributed by atoms with Gasteiger partial charge in [-0.25, -0.2) is 4.79 Å². The summed E-state index contributed by atoms with van der Waals surface area (Å²) in [4.78, 5) is 11.2. The number of carbonyl (C=O) groups is 1. The molecule has 0 spiro atoms. The molecule has 0 atom stereocenters. The topological polar surface area (TPSA) is 46.5 Å². The fourth-order valence-corrected chi connectivity index (χ4v) is 1.90. The summed E-state index contributed by atoms with van der Waals surface area (Å²) in [6.45, 7) is 0. The molecule has 2 aromatic rings. The minimum absolute atomic E-state index is 0.215. The molecule has 2 aromatic carbocycles. The Bertz CT molecular complexity index is 593. The summed E-state index contributed by atoms with van der Waals surface area (Å²) in [7, 11) is 1.56. The summed E-state index contributed by atoms with van der Waals surface area (Å²) < 4.78 is 5.13. The number of carboxylic acids is 1. The molecule has 0 aromatic heterocycles. The van der Waals surface area contributed by atoms with Gasteiger partial charge in [0.15, 0.2) is 0 Å². The standard InChI is InChI=1S/C14H11ClO3/c1-18-11-4-2-3-9(7-11)13-8-10(15)5-6-12(13)14(16)17/h2-8H,1H3,(H,16,17). The van der Waals surface area contributed by atoms with Gasteiger partial charge >= 0.3 is 5.97 Å². The van der Waals surface area contributed by atoms with Crippen LogP contribution in [0.1, 0.15) is 10.4 Å². The molecule has 3 nitrogen and oxygen atoms in total. The van der Waals surface area contributed by atoms with Gasteiger partial charge < -0.3 is 9.84 Å². The highest BCUT2D eigenvalue weighted by atomic mass is 35.5. The van der Waals surface area contributed by atoms with E-state index in [1.807, 2.05) is 6.07 Å². The molecule has 0 radical (unpaired) electrons. The van der Waals surface area contributed by atoms with E-state index < -0.39 is 5.97 Å². The minimum Gasteiger partial charge on any atom is -0.497 e. The van der Waals surface area contributed by atoms with Crippen molar-refractivity contribution < 1.29 is 14.6 Å². The molecule has 1 N–H and O–H groups in total. The van der Waals surface area contributed by atoms with Crippen molar-refractivity contribution in [2.24, 2.45) is 0 Å². The van der Waals surface area contributed by atoms with Gasteiger partial charge in [0.2, 0.25) is 0 Å². The van der Waals surface area contributed by atoms with E-state index in [9.17, 15) is 9.90 Å². The molecule has 0 amide bonds. The Hall–Kier alpha value is -2.00. The predicted octanol–water partition coefficient (Wildman–Crippen LogP) is 3.71. The Morgan fingerprint density at radius 2 is 2.00 bits per heavy atom. The average Bonchev–Trinajstić information content (AvgIpc) is 2.38. The third-order valence-electron chi connectivity index (χ3n) is 2.59. The van der Waals surface area contributed by atoms with Crippen molar-refractivity contribution in [3.63, 3.8) is 0 Å². The second-order valence-corrected chi connectivity index (χ2v) is 4.16. The van der Waals surface area contributed by atoms with E-state index in [4.69, 9.17) is 16.3 Å². The second-order valence-electron chi connectivity index (χ2n) is 3.73. The lowest BCUT2D eigenvalue weighted by Crippen LogP contribution is -1.99. The average molecular weight is 263 g/mol. The van der Waals surface area contributed by atoms with Gasteiger partial charge in [0, 0.05) is 5.02 Å². The number of benzene rings is 2. The van der Waals surface area contributed by atoms with E-state index in [-0.39, 0.29) is 5.56 Å². The molecule has 0 unspecified atom stereocenters. The second kappa shape index (κ2) is 5.10. The predicted molar refractivity (Wildman–Crippen MR) is 70.4 cm³/mol. The molecule has 0 heterocycles. The Kier molecular flexibility index (Phi) is 3.53. The van der Waals surface area contributed by atoms with Crippen LogP contribution in [-0.4, -0.2) is 18.2 Å². The van der Waals surface area contributed by atoms with Crippen molar-refractivity contribution in [3.05, 3.63) is 53.1 Å². The van der Waals surface area contributed by atoms with Gasteiger partial charge in [-0.15, -0.1) is 0 Å². The molecule has 0 aliphatic rings. The zero-order valence-electron chi connectivity index (χ0n) is 9.68. The third-order valence-corrected chi connectivity index (χ3v) is 2.83. The fourth-order valence-electron chi connectivity index (χ4n) is 1.73. The maximum atomic E-state index is 11.2. The van der Waals surface area contributed by atoms with Gasteiger partial charge in [0.1, 0.15) is 5.75 Å².